The standard InChI is InChI=1S/C27H35F2N5O6/c1-30-24(35)17-33(3)34(27(39)31-16-19-4-8-21(28)9-5-19)23(12-13-25(36)37)26(38)32(2)14-15-40-18-20-6-10-22(29)11-7-20/h4-11,23H,12-18H2,1-3H3,(H,30,35)(H,31,39)(H,36,37). The molecule has 2 aromatic rings. The van der Waals surface area contributed by atoms with E-state index in [2.05, 4.69) is 10.6 Å². The van der Waals surface area contributed by atoms with Gasteiger partial charge in [-0.2, -0.15) is 0 Å². The van der Waals surface area contributed by atoms with Gasteiger partial charge in [-0.05, 0) is 41.8 Å². The van der Waals surface area contributed by atoms with Crippen LogP contribution < -0.4 is 10.6 Å². The van der Waals surface area contributed by atoms with E-state index in [-0.39, 0.29) is 45.1 Å². The van der Waals surface area contributed by atoms with Crippen molar-refractivity contribution >= 4 is 23.8 Å². The summed E-state index contributed by atoms with van der Waals surface area (Å²) in [6, 6.07) is 9.22. The van der Waals surface area contributed by atoms with Gasteiger partial charge in [0.1, 0.15) is 17.7 Å². The zero-order valence-corrected chi connectivity index (χ0v) is 22.7. The molecule has 218 valence electrons. The summed E-state index contributed by atoms with van der Waals surface area (Å²) in [6.45, 7) is 0.138. The molecule has 4 amide bonds. The van der Waals surface area contributed by atoms with Crippen molar-refractivity contribution in [1.29, 1.82) is 0 Å². The van der Waals surface area contributed by atoms with Crippen molar-refractivity contribution in [3.63, 3.8) is 0 Å². The van der Waals surface area contributed by atoms with E-state index >= 15 is 0 Å². The van der Waals surface area contributed by atoms with Crippen LogP contribution in [0.4, 0.5) is 13.6 Å². The first kappa shape index (κ1) is 32.1. The summed E-state index contributed by atoms with van der Waals surface area (Å²) in [5.41, 5.74) is 1.34. The van der Waals surface area contributed by atoms with Crippen LogP contribution in [0.5, 0.6) is 0 Å². The molecule has 40 heavy (non-hydrogen) atoms. The zero-order chi connectivity index (χ0) is 29.7. The lowest BCUT2D eigenvalue weighted by Crippen LogP contribution is -2.60. The highest BCUT2D eigenvalue weighted by atomic mass is 19.1. The van der Waals surface area contributed by atoms with Crippen molar-refractivity contribution in [2.45, 2.75) is 32.0 Å². The number of aliphatic carboxylic acids is 1. The van der Waals surface area contributed by atoms with Crippen LogP contribution in [0.1, 0.15) is 24.0 Å². The molecular weight excluding hydrogens is 528 g/mol. The van der Waals surface area contributed by atoms with Crippen molar-refractivity contribution < 1.29 is 37.8 Å². The molecule has 0 radical (unpaired) electrons. The number of likely N-dealkylation sites (N-methyl/N-ethyl adjacent to an activating group) is 3. The van der Waals surface area contributed by atoms with Crippen LogP contribution in [-0.4, -0.2) is 90.7 Å². The van der Waals surface area contributed by atoms with Gasteiger partial charge < -0.3 is 25.4 Å². The maximum absolute atomic E-state index is 13.5. The molecule has 0 spiro atoms. The Hall–Kier alpha value is -4.10. The van der Waals surface area contributed by atoms with Crippen molar-refractivity contribution in [2.24, 2.45) is 0 Å². The predicted octanol–water partition coefficient (Wildman–Crippen LogP) is 1.98. The third kappa shape index (κ3) is 10.6. The highest BCUT2D eigenvalue weighted by molar-refractivity contribution is 5.87. The molecule has 0 fully saturated rings. The number of carbonyl (C=O) groups excluding carboxylic acids is 3. The van der Waals surface area contributed by atoms with Gasteiger partial charge in [0.2, 0.25) is 11.8 Å². The molecule has 3 N–H and O–H groups in total. The molecule has 2 rings (SSSR count). The van der Waals surface area contributed by atoms with E-state index in [0.717, 1.165) is 10.6 Å². The number of hydrazine groups is 1. The van der Waals surface area contributed by atoms with Gasteiger partial charge in [0.15, 0.2) is 0 Å². The smallest absolute Gasteiger partial charge is 0.332 e. The average molecular weight is 564 g/mol. The Labute approximate surface area is 231 Å². The molecule has 0 aliphatic rings. The zero-order valence-electron chi connectivity index (χ0n) is 22.7. The van der Waals surface area contributed by atoms with Gasteiger partial charge in [-0.1, -0.05) is 24.3 Å². The fourth-order valence-electron chi connectivity index (χ4n) is 3.71. The van der Waals surface area contributed by atoms with E-state index in [1.807, 2.05) is 0 Å². The Morgan fingerprint density at radius 3 is 2.08 bits per heavy atom. The molecule has 1 atom stereocenters. The number of benzene rings is 2. The van der Waals surface area contributed by atoms with E-state index in [1.54, 1.807) is 12.1 Å². The number of halogens is 2. The van der Waals surface area contributed by atoms with Gasteiger partial charge in [0, 0.05) is 40.7 Å². The molecule has 0 aromatic heterocycles. The summed E-state index contributed by atoms with van der Waals surface area (Å²) in [6.07, 6.45) is -0.641. The third-order valence-electron chi connectivity index (χ3n) is 5.93. The van der Waals surface area contributed by atoms with Crippen molar-refractivity contribution in [1.82, 2.24) is 25.6 Å². The number of hydrogen-bond acceptors (Lipinski definition) is 6. The quantitative estimate of drug-likeness (QED) is 0.223. The highest BCUT2D eigenvalue weighted by Gasteiger charge is 2.35. The first-order valence-corrected chi connectivity index (χ1v) is 12.5. The minimum atomic E-state index is -1.26. The monoisotopic (exact) mass is 563 g/mol. The summed E-state index contributed by atoms with van der Waals surface area (Å²) in [5.74, 6) is -2.97. The molecule has 0 bridgehead atoms. The molecule has 0 aliphatic carbocycles. The maximum Gasteiger partial charge on any atom is 0.332 e. The second-order valence-corrected chi connectivity index (χ2v) is 9.01. The summed E-state index contributed by atoms with van der Waals surface area (Å²) in [5, 5.41) is 16.7. The van der Waals surface area contributed by atoms with Gasteiger partial charge in [-0.15, -0.1) is 0 Å². The van der Waals surface area contributed by atoms with Gasteiger partial charge in [0.05, 0.1) is 19.8 Å². The minimum absolute atomic E-state index is 0.00364. The number of nitrogens with zero attached hydrogens (tertiary/aromatic N) is 3. The van der Waals surface area contributed by atoms with Crippen LogP contribution in [0.25, 0.3) is 0 Å². The van der Waals surface area contributed by atoms with Crippen LogP contribution in [-0.2, 0) is 32.3 Å². The molecule has 0 heterocycles. The van der Waals surface area contributed by atoms with Crippen LogP contribution in [0, 0.1) is 11.6 Å². The normalized spacial score (nSPS) is 11.6. The number of carboxylic acids is 1. The van der Waals surface area contributed by atoms with Crippen LogP contribution >= 0.6 is 0 Å². The maximum atomic E-state index is 13.5. The van der Waals surface area contributed by atoms with Gasteiger partial charge in [-0.3, -0.25) is 14.4 Å². The summed E-state index contributed by atoms with van der Waals surface area (Å²) in [7, 11) is 4.34. The first-order valence-electron chi connectivity index (χ1n) is 12.5. The van der Waals surface area contributed by atoms with Crippen molar-refractivity contribution in [3.8, 4) is 0 Å². The molecule has 0 saturated carbocycles. The Morgan fingerprint density at radius 1 is 0.950 bits per heavy atom. The number of nitrogens with one attached hydrogen (secondary N) is 2. The van der Waals surface area contributed by atoms with E-state index in [0.29, 0.717) is 5.56 Å². The second-order valence-electron chi connectivity index (χ2n) is 9.01. The number of carboxylic acid groups (broad SMARTS) is 1. The Balaban J connectivity index is 2.17. The number of amides is 4. The molecule has 13 heteroatoms. The van der Waals surface area contributed by atoms with E-state index in [9.17, 15) is 33.1 Å². The molecular formula is C27H35F2N5O6. The number of ether oxygens (including phenoxy) is 1. The van der Waals surface area contributed by atoms with E-state index in [4.69, 9.17) is 4.74 Å². The summed E-state index contributed by atoms with van der Waals surface area (Å²) in [4.78, 5) is 51.7. The van der Waals surface area contributed by atoms with Crippen molar-refractivity contribution in [2.75, 3.05) is 40.8 Å². The molecule has 0 saturated heterocycles. The molecule has 1 unspecified atom stereocenters. The topological polar surface area (TPSA) is 132 Å². The van der Waals surface area contributed by atoms with Gasteiger partial charge in [-0.25, -0.2) is 23.6 Å². The largest absolute Gasteiger partial charge is 0.481 e. The molecule has 0 aliphatic heterocycles. The van der Waals surface area contributed by atoms with E-state index in [1.165, 1.54) is 67.5 Å². The first-order chi connectivity index (χ1) is 19.0. The Kier molecular flexibility index (Phi) is 12.9. The number of urea groups is 1. The van der Waals surface area contributed by atoms with E-state index < -0.39 is 42.1 Å². The molecule has 11 nitrogen and oxygen atoms in total. The third-order valence-corrected chi connectivity index (χ3v) is 5.93. The van der Waals surface area contributed by atoms with Gasteiger partial charge >= 0.3 is 12.0 Å². The summed E-state index contributed by atoms with van der Waals surface area (Å²) >= 11 is 0. The lowest BCUT2D eigenvalue weighted by atomic mass is 10.1. The Morgan fingerprint density at radius 2 is 1.52 bits per heavy atom. The number of hydrogen-bond donors (Lipinski definition) is 3. The average Bonchev–Trinajstić information content (AvgIpc) is 2.93. The van der Waals surface area contributed by atoms with Gasteiger partial charge in [0.25, 0.3) is 0 Å². The Bertz CT molecular complexity index is 1130. The summed E-state index contributed by atoms with van der Waals surface area (Å²) < 4.78 is 31.9. The SMILES string of the molecule is CNC(=O)CN(C)N(C(=O)NCc1ccc(F)cc1)C(CCC(=O)O)C(=O)N(C)CCOCc1ccc(F)cc1. The fraction of sp³-hybridized carbons (Fsp3) is 0.407. The number of carbonyl (C=O) groups is 4. The molecule has 2 aromatic carbocycles. The lowest BCUT2D eigenvalue weighted by Gasteiger charge is -2.38. The predicted molar refractivity (Wildman–Crippen MR) is 142 cm³/mol. The second kappa shape index (κ2) is 16.1. The highest BCUT2D eigenvalue weighted by Crippen LogP contribution is 2.15. The minimum Gasteiger partial charge on any atom is -0.481 e. The fourth-order valence-corrected chi connectivity index (χ4v) is 3.71. The van der Waals surface area contributed by atoms with Crippen LogP contribution in [0.3, 0.4) is 0 Å². The van der Waals surface area contributed by atoms with Crippen molar-refractivity contribution in [3.05, 3.63) is 71.3 Å². The number of rotatable bonds is 15. The lowest BCUT2D eigenvalue weighted by molar-refractivity contribution is -0.145. The van der Waals surface area contributed by atoms with Crippen LogP contribution in [0.2, 0.25) is 0 Å². The van der Waals surface area contributed by atoms with Crippen LogP contribution in [0.15, 0.2) is 48.5 Å².